The second-order valence-corrected chi connectivity index (χ2v) is 4.41. The molecule has 1 heterocycles. The molecule has 0 saturated carbocycles. The number of rotatable bonds is 6. The fourth-order valence-corrected chi connectivity index (χ4v) is 1.46. The zero-order valence-electron chi connectivity index (χ0n) is 9.19. The van der Waals surface area contributed by atoms with Gasteiger partial charge in [-0.2, -0.15) is 11.8 Å². The van der Waals surface area contributed by atoms with Crippen LogP contribution in [0, 0.1) is 0 Å². The van der Waals surface area contributed by atoms with Crippen molar-refractivity contribution in [1.82, 2.24) is 10.3 Å². The van der Waals surface area contributed by atoms with E-state index in [9.17, 15) is 0 Å². The first-order chi connectivity index (χ1) is 7.83. The van der Waals surface area contributed by atoms with Gasteiger partial charge in [-0.3, -0.25) is 0 Å². The molecule has 0 aliphatic rings. The van der Waals surface area contributed by atoms with Gasteiger partial charge in [-0.25, -0.2) is 4.98 Å². The van der Waals surface area contributed by atoms with Gasteiger partial charge in [-0.15, -0.1) is 0 Å². The molecule has 1 N–H and O–H groups in total. The van der Waals surface area contributed by atoms with Crippen molar-refractivity contribution >= 4 is 23.4 Å². The van der Waals surface area contributed by atoms with Crippen molar-refractivity contribution in [2.24, 2.45) is 0 Å². The molecule has 0 aliphatic heterocycles. The Kier molecular flexibility index (Phi) is 6.77. The van der Waals surface area contributed by atoms with Crippen LogP contribution in [0.1, 0.15) is 5.56 Å². The number of nitrogens with zero attached hydrogens (tertiary/aromatic N) is 1. The van der Waals surface area contributed by atoms with E-state index in [-0.39, 0.29) is 0 Å². The van der Waals surface area contributed by atoms with E-state index in [1.807, 2.05) is 24.4 Å². The molecular formula is C12H15ClN2S. The highest BCUT2D eigenvalue weighted by atomic mass is 35.5. The zero-order valence-corrected chi connectivity index (χ0v) is 10.8. The summed E-state index contributed by atoms with van der Waals surface area (Å²) in [6, 6.07) is 3.75. The summed E-state index contributed by atoms with van der Waals surface area (Å²) < 4.78 is 0. The topological polar surface area (TPSA) is 24.9 Å². The lowest BCUT2D eigenvalue weighted by molar-refractivity contribution is 0.863. The van der Waals surface area contributed by atoms with Crippen LogP contribution in [0.4, 0.5) is 0 Å². The normalized spacial score (nSPS) is 11.4. The highest BCUT2D eigenvalue weighted by Gasteiger charge is 1.90. The Hall–Kier alpha value is -0.930. The number of allylic oxidation sites excluding steroid dienone is 2. The molecular weight excluding hydrogens is 240 g/mol. The van der Waals surface area contributed by atoms with Crippen molar-refractivity contribution < 1.29 is 0 Å². The Morgan fingerprint density at radius 1 is 1.44 bits per heavy atom. The third-order valence-electron chi connectivity index (χ3n) is 1.82. The van der Waals surface area contributed by atoms with Gasteiger partial charge in [0.1, 0.15) is 5.15 Å². The highest BCUT2D eigenvalue weighted by molar-refractivity contribution is 7.98. The van der Waals surface area contributed by atoms with E-state index in [0.29, 0.717) is 5.15 Å². The van der Waals surface area contributed by atoms with Gasteiger partial charge in [-0.05, 0) is 30.2 Å². The van der Waals surface area contributed by atoms with E-state index in [1.54, 1.807) is 24.0 Å². The number of hydrogen-bond donors (Lipinski definition) is 1. The Morgan fingerprint density at radius 2 is 2.31 bits per heavy atom. The van der Waals surface area contributed by atoms with Crippen LogP contribution in [0.15, 0.2) is 42.8 Å². The average Bonchev–Trinajstić information content (AvgIpc) is 2.30. The number of hydrogen-bond acceptors (Lipinski definition) is 3. The maximum absolute atomic E-state index is 5.69. The lowest BCUT2D eigenvalue weighted by Crippen LogP contribution is -2.04. The van der Waals surface area contributed by atoms with Crippen molar-refractivity contribution in [1.29, 1.82) is 0 Å². The van der Waals surface area contributed by atoms with Gasteiger partial charge in [0.15, 0.2) is 0 Å². The fraction of sp³-hybridized carbons (Fsp3) is 0.250. The van der Waals surface area contributed by atoms with E-state index in [2.05, 4.69) is 22.6 Å². The van der Waals surface area contributed by atoms with Gasteiger partial charge >= 0.3 is 0 Å². The first-order valence-corrected chi connectivity index (χ1v) is 6.74. The first kappa shape index (κ1) is 13.1. The third-order valence-corrected chi connectivity index (χ3v) is 2.57. The smallest absolute Gasteiger partial charge is 0.129 e. The molecule has 0 unspecified atom stereocenters. The van der Waals surface area contributed by atoms with Crippen molar-refractivity contribution in [3.8, 4) is 0 Å². The van der Waals surface area contributed by atoms with Crippen LogP contribution >= 0.6 is 23.4 Å². The minimum Gasteiger partial charge on any atom is -0.387 e. The summed E-state index contributed by atoms with van der Waals surface area (Å²) in [5.41, 5.74) is 1.11. The predicted molar refractivity (Wildman–Crippen MR) is 72.7 cm³/mol. The number of halogens is 1. The van der Waals surface area contributed by atoms with Crippen molar-refractivity contribution in [2.75, 3.05) is 12.0 Å². The monoisotopic (exact) mass is 254 g/mol. The van der Waals surface area contributed by atoms with Crippen LogP contribution in [0.25, 0.3) is 0 Å². The van der Waals surface area contributed by atoms with Crippen LogP contribution in [0.5, 0.6) is 0 Å². The zero-order chi connectivity index (χ0) is 11.6. The van der Waals surface area contributed by atoms with E-state index in [1.165, 1.54) is 0 Å². The summed E-state index contributed by atoms with van der Waals surface area (Å²) in [6.07, 6.45) is 11.9. The number of thioether (sulfide) groups is 1. The van der Waals surface area contributed by atoms with Gasteiger partial charge in [-0.1, -0.05) is 29.8 Å². The van der Waals surface area contributed by atoms with Crippen LogP contribution in [0.2, 0.25) is 5.15 Å². The number of aromatic nitrogens is 1. The molecule has 0 aliphatic carbocycles. The molecule has 1 aromatic rings. The van der Waals surface area contributed by atoms with Crippen molar-refractivity contribution in [2.45, 2.75) is 6.54 Å². The van der Waals surface area contributed by atoms with Crippen molar-refractivity contribution in [3.05, 3.63) is 53.5 Å². The molecule has 16 heavy (non-hydrogen) atoms. The molecule has 0 aromatic carbocycles. The SMILES string of the molecule is CSC/C=C\C=C/NCc1ccc(Cl)nc1. The molecule has 0 radical (unpaired) electrons. The van der Waals surface area contributed by atoms with Gasteiger partial charge in [0, 0.05) is 18.5 Å². The number of nitrogens with one attached hydrogen (secondary N) is 1. The lowest BCUT2D eigenvalue weighted by Gasteiger charge is -1.99. The van der Waals surface area contributed by atoms with Crippen molar-refractivity contribution in [3.63, 3.8) is 0 Å². The van der Waals surface area contributed by atoms with E-state index in [0.717, 1.165) is 17.9 Å². The molecule has 0 fully saturated rings. The lowest BCUT2D eigenvalue weighted by atomic mass is 10.3. The minimum absolute atomic E-state index is 0.527. The molecule has 1 aromatic heterocycles. The molecule has 86 valence electrons. The van der Waals surface area contributed by atoms with E-state index >= 15 is 0 Å². The summed E-state index contributed by atoms with van der Waals surface area (Å²) in [4.78, 5) is 4.00. The summed E-state index contributed by atoms with van der Waals surface area (Å²) in [5, 5.41) is 3.70. The van der Waals surface area contributed by atoms with Crippen LogP contribution in [-0.4, -0.2) is 17.0 Å². The fourth-order valence-electron chi connectivity index (χ4n) is 1.04. The Morgan fingerprint density at radius 3 is 3.00 bits per heavy atom. The van der Waals surface area contributed by atoms with Crippen LogP contribution in [0.3, 0.4) is 0 Å². The molecule has 2 nitrogen and oxygen atoms in total. The standard InChI is InChI=1S/C12H15ClN2S/c1-16-8-4-2-3-7-14-9-11-5-6-12(13)15-10-11/h2-7,10,14H,8-9H2,1H3/b4-2-,7-3-. The van der Waals surface area contributed by atoms with Gasteiger partial charge < -0.3 is 5.32 Å². The molecule has 4 heteroatoms. The van der Waals surface area contributed by atoms with Crippen LogP contribution < -0.4 is 5.32 Å². The molecule has 0 amide bonds. The second-order valence-electron chi connectivity index (χ2n) is 3.11. The summed E-state index contributed by atoms with van der Waals surface area (Å²) in [5.74, 6) is 1.05. The summed E-state index contributed by atoms with van der Waals surface area (Å²) in [6.45, 7) is 0.761. The Bertz CT molecular complexity index is 347. The first-order valence-electron chi connectivity index (χ1n) is 4.97. The second kappa shape index (κ2) is 8.25. The van der Waals surface area contributed by atoms with Crippen LogP contribution in [-0.2, 0) is 6.54 Å². The van der Waals surface area contributed by atoms with Gasteiger partial charge in [0.2, 0.25) is 0 Å². The minimum atomic E-state index is 0.527. The molecule has 0 spiro atoms. The van der Waals surface area contributed by atoms with E-state index < -0.39 is 0 Å². The largest absolute Gasteiger partial charge is 0.387 e. The molecule has 0 saturated heterocycles. The maximum atomic E-state index is 5.69. The maximum Gasteiger partial charge on any atom is 0.129 e. The summed E-state index contributed by atoms with van der Waals surface area (Å²) >= 11 is 7.49. The predicted octanol–water partition coefficient (Wildman–Crippen LogP) is 3.26. The van der Waals surface area contributed by atoms with Gasteiger partial charge in [0.05, 0.1) is 0 Å². The highest BCUT2D eigenvalue weighted by Crippen LogP contribution is 2.04. The average molecular weight is 255 g/mol. The Labute approximate surface area is 106 Å². The molecule has 1 rings (SSSR count). The van der Waals surface area contributed by atoms with Gasteiger partial charge in [0.25, 0.3) is 0 Å². The van der Waals surface area contributed by atoms with E-state index in [4.69, 9.17) is 11.6 Å². The third kappa shape index (κ3) is 5.83. The molecule has 0 atom stereocenters. The Balaban J connectivity index is 2.22. The molecule has 0 bridgehead atoms. The summed E-state index contributed by atoms with van der Waals surface area (Å²) in [7, 11) is 0. The number of pyridine rings is 1. The quantitative estimate of drug-likeness (QED) is 0.623.